The van der Waals surface area contributed by atoms with E-state index in [4.69, 9.17) is 0 Å². The van der Waals surface area contributed by atoms with Gasteiger partial charge < -0.3 is 14.8 Å². The number of nitrogens with one attached hydrogen (secondary N) is 1. The van der Waals surface area contributed by atoms with Gasteiger partial charge in [-0.05, 0) is 56.6 Å². The highest BCUT2D eigenvalue weighted by Gasteiger charge is 2.21. The van der Waals surface area contributed by atoms with Crippen molar-refractivity contribution in [3.63, 3.8) is 0 Å². The molecule has 1 aliphatic heterocycles. The standard InChI is InChI=1S/C25H27F2N3O/c1-18-21(25(31)28-12-15-29-13-6-3-7-14-29)17-24(19-8-4-2-5-9-19)30(18)23-11-10-20(26)16-22(23)27/h2,4-5,8-11,16-17H,3,6-7,12-15H2,1H3,(H,28,31). The van der Waals surface area contributed by atoms with Gasteiger partial charge in [-0.1, -0.05) is 36.8 Å². The lowest BCUT2D eigenvalue weighted by molar-refractivity contribution is 0.0946. The third-order valence-corrected chi connectivity index (χ3v) is 5.87. The fourth-order valence-electron chi connectivity index (χ4n) is 4.24. The average molecular weight is 424 g/mol. The number of benzene rings is 2. The van der Waals surface area contributed by atoms with Crippen molar-refractivity contribution in [2.24, 2.45) is 0 Å². The zero-order chi connectivity index (χ0) is 21.8. The number of likely N-dealkylation sites (tertiary alicyclic amines) is 1. The fourth-order valence-corrected chi connectivity index (χ4v) is 4.24. The lowest BCUT2D eigenvalue weighted by Gasteiger charge is -2.26. The quantitative estimate of drug-likeness (QED) is 0.609. The lowest BCUT2D eigenvalue weighted by atomic mass is 10.1. The number of hydrogen-bond donors (Lipinski definition) is 1. The van der Waals surface area contributed by atoms with E-state index in [9.17, 15) is 13.6 Å². The van der Waals surface area contributed by atoms with E-state index in [1.165, 1.54) is 31.4 Å². The molecule has 0 spiro atoms. The van der Waals surface area contributed by atoms with Crippen molar-refractivity contribution in [1.82, 2.24) is 14.8 Å². The fraction of sp³-hybridized carbons (Fsp3) is 0.320. The third-order valence-electron chi connectivity index (χ3n) is 5.87. The molecule has 3 aromatic rings. The number of carbonyl (C=O) groups excluding carboxylic acids is 1. The van der Waals surface area contributed by atoms with Crippen LogP contribution in [0.4, 0.5) is 8.78 Å². The van der Waals surface area contributed by atoms with Crippen molar-refractivity contribution in [3.8, 4) is 16.9 Å². The van der Waals surface area contributed by atoms with Crippen LogP contribution in [0.3, 0.4) is 0 Å². The number of piperidine rings is 1. The lowest BCUT2D eigenvalue weighted by Crippen LogP contribution is -2.37. The van der Waals surface area contributed by atoms with E-state index in [0.717, 1.165) is 31.3 Å². The highest BCUT2D eigenvalue weighted by molar-refractivity contribution is 5.97. The molecule has 1 amide bonds. The number of amides is 1. The molecule has 4 nitrogen and oxygen atoms in total. The summed E-state index contributed by atoms with van der Waals surface area (Å²) in [7, 11) is 0. The zero-order valence-electron chi connectivity index (χ0n) is 17.7. The molecule has 1 saturated heterocycles. The molecule has 6 heteroatoms. The molecule has 2 heterocycles. The Bertz CT molecular complexity index is 1060. The minimum atomic E-state index is -0.673. The Morgan fingerprint density at radius 3 is 2.45 bits per heavy atom. The number of nitrogens with zero attached hydrogens (tertiary/aromatic N) is 2. The number of halogens is 2. The van der Waals surface area contributed by atoms with Crippen molar-refractivity contribution in [1.29, 1.82) is 0 Å². The van der Waals surface area contributed by atoms with E-state index in [0.29, 0.717) is 23.5 Å². The van der Waals surface area contributed by atoms with Gasteiger partial charge in [0.05, 0.1) is 16.9 Å². The first-order valence-corrected chi connectivity index (χ1v) is 10.8. The van der Waals surface area contributed by atoms with Crippen LogP contribution in [0, 0.1) is 18.6 Å². The van der Waals surface area contributed by atoms with Crippen LogP contribution in [0.25, 0.3) is 16.9 Å². The number of aromatic nitrogens is 1. The molecule has 0 aliphatic carbocycles. The summed E-state index contributed by atoms with van der Waals surface area (Å²) in [5.74, 6) is -1.50. The summed E-state index contributed by atoms with van der Waals surface area (Å²) >= 11 is 0. The van der Waals surface area contributed by atoms with Gasteiger partial charge in [-0.15, -0.1) is 0 Å². The molecule has 162 valence electrons. The van der Waals surface area contributed by atoms with Crippen molar-refractivity contribution < 1.29 is 13.6 Å². The Labute approximate surface area is 181 Å². The second-order valence-corrected chi connectivity index (χ2v) is 7.98. The molecule has 2 aromatic carbocycles. The monoisotopic (exact) mass is 423 g/mol. The van der Waals surface area contributed by atoms with Gasteiger partial charge in [-0.25, -0.2) is 8.78 Å². The Kier molecular flexibility index (Phi) is 6.47. The normalized spacial score (nSPS) is 14.5. The van der Waals surface area contributed by atoms with Gasteiger partial charge in [0.15, 0.2) is 0 Å². The van der Waals surface area contributed by atoms with Crippen molar-refractivity contribution in [2.75, 3.05) is 26.2 Å². The first kappa shape index (κ1) is 21.2. The van der Waals surface area contributed by atoms with Gasteiger partial charge in [0.1, 0.15) is 11.6 Å². The third kappa shape index (κ3) is 4.69. The van der Waals surface area contributed by atoms with Crippen LogP contribution in [0.1, 0.15) is 35.3 Å². The van der Waals surface area contributed by atoms with Crippen LogP contribution in [0.2, 0.25) is 0 Å². The molecule has 0 atom stereocenters. The molecule has 1 N–H and O–H groups in total. The van der Waals surface area contributed by atoms with Crippen LogP contribution in [-0.4, -0.2) is 41.6 Å². The van der Waals surface area contributed by atoms with Gasteiger partial charge in [0.25, 0.3) is 5.91 Å². The van der Waals surface area contributed by atoms with Gasteiger partial charge in [-0.3, -0.25) is 4.79 Å². The zero-order valence-corrected chi connectivity index (χ0v) is 17.7. The van der Waals surface area contributed by atoms with Crippen molar-refractivity contribution >= 4 is 5.91 Å². The van der Waals surface area contributed by atoms with Crippen LogP contribution in [-0.2, 0) is 0 Å². The number of rotatable bonds is 6. The summed E-state index contributed by atoms with van der Waals surface area (Å²) in [4.78, 5) is 15.3. The Hall–Kier alpha value is -2.99. The molecule has 1 aromatic heterocycles. The van der Waals surface area contributed by atoms with Crippen molar-refractivity contribution in [3.05, 3.63) is 77.5 Å². The van der Waals surface area contributed by atoms with E-state index in [2.05, 4.69) is 10.2 Å². The van der Waals surface area contributed by atoms with Gasteiger partial charge in [-0.2, -0.15) is 0 Å². The Balaban J connectivity index is 1.64. The highest BCUT2D eigenvalue weighted by atomic mass is 19.1. The van der Waals surface area contributed by atoms with E-state index < -0.39 is 11.6 Å². The predicted molar refractivity (Wildman–Crippen MR) is 118 cm³/mol. The molecule has 31 heavy (non-hydrogen) atoms. The van der Waals surface area contributed by atoms with E-state index in [1.807, 2.05) is 30.3 Å². The maximum atomic E-state index is 14.7. The molecule has 4 rings (SSSR count). The van der Waals surface area contributed by atoms with Crippen LogP contribution in [0.15, 0.2) is 54.6 Å². The minimum Gasteiger partial charge on any atom is -0.351 e. The largest absolute Gasteiger partial charge is 0.351 e. The Morgan fingerprint density at radius 2 is 1.74 bits per heavy atom. The number of hydrogen-bond acceptors (Lipinski definition) is 2. The summed E-state index contributed by atoms with van der Waals surface area (Å²) in [6.45, 7) is 5.33. The van der Waals surface area contributed by atoms with Gasteiger partial charge >= 0.3 is 0 Å². The summed E-state index contributed by atoms with van der Waals surface area (Å²) in [5.41, 5.74) is 2.85. The van der Waals surface area contributed by atoms with Gasteiger partial charge in [0, 0.05) is 24.8 Å². The van der Waals surface area contributed by atoms with Crippen molar-refractivity contribution in [2.45, 2.75) is 26.2 Å². The first-order valence-electron chi connectivity index (χ1n) is 10.8. The molecule has 0 bridgehead atoms. The Morgan fingerprint density at radius 1 is 1.00 bits per heavy atom. The van der Waals surface area contributed by atoms with E-state index in [1.54, 1.807) is 17.6 Å². The van der Waals surface area contributed by atoms with E-state index in [-0.39, 0.29) is 11.6 Å². The average Bonchev–Trinajstić information content (AvgIpc) is 3.12. The van der Waals surface area contributed by atoms with Crippen LogP contribution in [0.5, 0.6) is 0 Å². The molecule has 0 saturated carbocycles. The topological polar surface area (TPSA) is 37.3 Å². The molecular formula is C25H27F2N3O. The maximum Gasteiger partial charge on any atom is 0.253 e. The van der Waals surface area contributed by atoms with E-state index >= 15 is 0 Å². The summed E-state index contributed by atoms with van der Waals surface area (Å²) in [5, 5.41) is 3.01. The molecule has 0 radical (unpaired) electrons. The van der Waals surface area contributed by atoms with Crippen LogP contribution >= 0.6 is 0 Å². The van der Waals surface area contributed by atoms with Gasteiger partial charge in [0.2, 0.25) is 0 Å². The maximum absolute atomic E-state index is 14.7. The summed E-state index contributed by atoms with van der Waals surface area (Å²) in [6, 6.07) is 14.8. The second kappa shape index (κ2) is 9.43. The summed E-state index contributed by atoms with van der Waals surface area (Å²) < 4.78 is 29.8. The SMILES string of the molecule is Cc1c(C(=O)NCCN2CCCCC2)cc(-c2ccccc2)n1-c1ccc(F)cc1F. The van der Waals surface area contributed by atoms with Crippen LogP contribution < -0.4 is 5.32 Å². The summed E-state index contributed by atoms with van der Waals surface area (Å²) in [6.07, 6.45) is 3.69. The first-order chi connectivity index (χ1) is 15.0. The highest BCUT2D eigenvalue weighted by Crippen LogP contribution is 2.30. The second-order valence-electron chi connectivity index (χ2n) is 7.98. The number of carbonyl (C=O) groups is 1. The molecular weight excluding hydrogens is 396 g/mol. The smallest absolute Gasteiger partial charge is 0.253 e. The molecule has 0 unspecified atom stereocenters. The molecule has 1 fully saturated rings. The minimum absolute atomic E-state index is 0.187. The molecule has 1 aliphatic rings. The predicted octanol–water partition coefficient (Wildman–Crippen LogP) is 4.95.